The van der Waals surface area contributed by atoms with Crippen LogP contribution in [0.5, 0.6) is 0 Å². The number of esters is 1. The van der Waals surface area contributed by atoms with Crippen LogP contribution in [0.25, 0.3) is 0 Å². The van der Waals surface area contributed by atoms with Crippen molar-refractivity contribution in [3.8, 4) is 0 Å². The van der Waals surface area contributed by atoms with E-state index in [4.69, 9.17) is 27.9 Å². The number of amides is 2. The van der Waals surface area contributed by atoms with Gasteiger partial charge in [0.2, 0.25) is 0 Å². The molecular weight excluding hydrogens is 371 g/mol. The number of ether oxygens (including phenoxy) is 1. The minimum atomic E-state index is -1.32. The van der Waals surface area contributed by atoms with Crippen LogP contribution in [0, 0.1) is 0 Å². The molecule has 0 spiro atoms. The van der Waals surface area contributed by atoms with Gasteiger partial charge in [0.15, 0.2) is 4.84 Å². The Bertz CT molecular complexity index is 608. The predicted octanol–water partition coefficient (Wildman–Crippen LogP) is 0.0918. The highest BCUT2D eigenvalue weighted by Crippen LogP contribution is 2.40. The smallest absolute Gasteiger partial charge is 0.352 e. The summed E-state index contributed by atoms with van der Waals surface area (Å²) in [5.41, 5.74) is 0.0958. The van der Waals surface area contributed by atoms with Gasteiger partial charge in [-0.3, -0.25) is 19.3 Å². The van der Waals surface area contributed by atoms with Crippen molar-refractivity contribution < 1.29 is 29.0 Å². The zero-order valence-corrected chi connectivity index (χ0v) is 14.1. The summed E-state index contributed by atoms with van der Waals surface area (Å²) in [5, 5.41) is 11.1. The largest absolute Gasteiger partial charge is 0.477 e. The first-order chi connectivity index (χ1) is 10.7. The second-order valence-electron chi connectivity index (χ2n) is 4.73. The number of aliphatic carboxylic acids is 1. The number of alkyl halides is 2. The molecule has 11 heteroatoms. The number of fused-ring (bicyclic) bond motifs is 1. The number of nitrogens with zero attached hydrogens (tertiary/aromatic N) is 1. The first-order valence-electron chi connectivity index (χ1n) is 6.36. The van der Waals surface area contributed by atoms with Gasteiger partial charge in [0.1, 0.15) is 23.7 Å². The fourth-order valence-corrected chi connectivity index (χ4v) is 3.65. The van der Waals surface area contributed by atoms with Gasteiger partial charge in [0.05, 0.1) is 0 Å². The summed E-state index contributed by atoms with van der Waals surface area (Å²) in [6.07, 6.45) is 0. The Morgan fingerprint density at radius 3 is 2.65 bits per heavy atom. The van der Waals surface area contributed by atoms with Crippen molar-refractivity contribution in [3.05, 3.63) is 11.3 Å². The molecule has 0 saturated carbocycles. The van der Waals surface area contributed by atoms with E-state index in [-0.39, 0.29) is 18.1 Å². The van der Waals surface area contributed by atoms with E-state index in [1.54, 1.807) is 0 Å². The molecule has 2 N–H and O–H groups in total. The second kappa shape index (κ2) is 6.98. The molecule has 1 saturated heterocycles. The van der Waals surface area contributed by atoms with E-state index in [2.05, 4.69) is 5.32 Å². The third-order valence-electron chi connectivity index (χ3n) is 3.20. The summed E-state index contributed by atoms with van der Waals surface area (Å²) in [7, 11) is 0. The van der Waals surface area contributed by atoms with Crippen LogP contribution >= 0.6 is 35.0 Å². The molecule has 2 amide bonds. The maximum atomic E-state index is 12.2. The lowest BCUT2D eigenvalue weighted by atomic mass is 10.0. The van der Waals surface area contributed by atoms with Crippen molar-refractivity contribution in [1.82, 2.24) is 10.2 Å². The highest BCUT2D eigenvalue weighted by Gasteiger charge is 2.54. The van der Waals surface area contributed by atoms with Crippen molar-refractivity contribution in [2.24, 2.45) is 0 Å². The summed E-state index contributed by atoms with van der Waals surface area (Å²) in [4.78, 5) is 45.7. The summed E-state index contributed by atoms with van der Waals surface area (Å²) < 4.78 is 4.81. The van der Waals surface area contributed by atoms with Gasteiger partial charge in [-0.15, -0.1) is 11.8 Å². The first-order valence-corrected chi connectivity index (χ1v) is 8.28. The lowest BCUT2D eigenvalue weighted by molar-refractivity contribution is -0.150. The number of hydrogen-bond acceptors (Lipinski definition) is 6. The monoisotopic (exact) mass is 382 g/mol. The van der Waals surface area contributed by atoms with Crippen LogP contribution in [0.2, 0.25) is 0 Å². The second-order valence-corrected chi connectivity index (χ2v) is 6.94. The average Bonchev–Trinajstić information content (AvgIpc) is 2.48. The van der Waals surface area contributed by atoms with E-state index in [0.717, 1.165) is 4.90 Å². The molecule has 23 heavy (non-hydrogen) atoms. The molecule has 0 aromatic rings. The van der Waals surface area contributed by atoms with Gasteiger partial charge in [-0.05, 0) is 0 Å². The molecule has 0 unspecified atom stereocenters. The molecule has 2 aliphatic heterocycles. The Morgan fingerprint density at radius 1 is 1.48 bits per heavy atom. The van der Waals surface area contributed by atoms with Crippen LogP contribution in [0.15, 0.2) is 11.3 Å². The number of hydrogen-bond donors (Lipinski definition) is 2. The van der Waals surface area contributed by atoms with Gasteiger partial charge < -0.3 is 15.2 Å². The number of halogens is 2. The van der Waals surface area contributed by atoms with Crippen LogP contribution in [0.1, 0.15) is 6.92 Å². The van der Waals surface area contributed by atoms with Crippen molar-refractivity contribution in [2.75, 3.05) is 12.4 Å². The minimum absolute atomic E-state index is 0.205. The van der Waals surface area contributed by atoms with Gasteiger partial charge in [-0.25, -0.2) is 4.79 Å². The molecule has 0 aromatic carbocycles. The minimum Gasteiger partial charge on any atom is -0.477 e. The van der Waals surface area contributed by atoms with Crippen molar-refractivity contribution in [1.29, 1.82) is 0 Å². The quantitative estimate of drug-likeness (QED) is 0.393. The van der Waals surface area contributed by atoms with Crippen LogP contribution in [0.4, 0.5) is 0 Å². The van der Waals surface area contributed by atoms with Gasteiger partial charge in [-0.1, -0.05) is 23.2 Å². The maximum Gasteiger partial charge on any atom is 0.352 e. The van der Waals surface area contributed by atoms with E-state index in [1.807, 2.05) is 0 Å². The number of carboxylic acid groups (broad SMARTS) is 1. The van der Waals surface area contributed by atoms with E-state index in [1.165, 1.54) is 18.7 Å². The van der Waals surface area contributed by atoms with Crippen molar-refractivity contribution in [3.63, 3.8) is 0 Å². The average molecular weight is 383 g/mol. The number of carbonyl (C=O) groups is 4. The number of carboxylic acids is 1. The summed E-state index contributed by atoms with van der Waals surface area (Å²) in [5.74, 6) is -2.91. The van der Waals surface area contributed by atoms with Gasteiger partial charge in [-0.2, -0.15) is 0 Å². The molecule has 8 nitrogen and oxygen atoms in total. The highest BCUT2D eigenvalue weighted by atomic mass is 35.5. The summed E-state index contributed by atoms with van der Waals surface area (Å²) in [6.45, 7) is 0.998. The molecule has 2 heterocycles. The van der Waals surface area contributed by atoms with Crippen LogP contribution in [-0.2, 0) is 23.9 Å². The molecule has 0 aromatic heterocycles. The fourth-order valence-electron chi connectivity index (χ4n) is 2.20. The third kappa shape index (κ3) is 3.56. The predicted molar refractivity (Wildman–Crippen MR) is 81.8 cm³/mol. The highest BCUT2D eigenvalue weighted by molar-refractivity contribution is 8.00. The van der Waals surface area contributed by atoms with Gasteiger partial charge >= 0.3 is 11.9 Å². The van der Waals surface area contributed by atoms with Crippen LogP contribution < -0.4 is 5.32 Å². The number of rotatable bonds is 5. The van der Waals surface area contributed by atoms with E-state index in [0.29, 0.717) is 5.57 Å². The lowest BCUT2D eigenvalue weighted by Gasteiger charge is -2.49. The number of carbonyl (C=O) groups excluding carboxylic acids is 3. The lowest BCUT2D eigenvalue weighted by Crippen LogP contribution is -2.71. The van der Waals surface area contributed by atoms with Crippen LogP contribution in [-0.4, -0.2) is 62.4 Å². The Balaban J connectivity index is 2.18. The molecule has 1 fully saturated rings. The number of thioether (sulfide) groups is 1. The van der Waals surface area contributed by atoms with Gasteiger partial charge in [0.25, 0.3) is 11.8 Å². The van der Waals surface area contributed by atoms with Crippen LogP contribution in [0.3, 0.4) is 0 Å². The summed E-state index contributed by atoms with van der Waals surface area (Å²) >= 11 is 12.1. The molecular formula is C12H12Cl2N2O6S. The molecule has 0 bridgehead atoms. The summed E-state index contributed by atoms with van der Waals surface area (Å²) in [6, 6.07) is -0.892. The SMILES string of the molecule is CC(=O)OCC1=C(C(=O)O)N2C(=O)[C@@H](NC(=O)C(Cl)Cl)[C@H]2SC1. The van der Waals surface area contributed by atoms with Crippen molar-refractivity contribution >= 4 is 58.7 Å². The Kier molecular flexibility index (Phi) is 5.43. The van der Waals surface area contributed by atoms with E-state index < -0.39 is 40.0 Å². The first kappa shape index (κ1) is 17.9. The zero-order valence-electron chi connectivity index (χ0n) is 11.7. The molecule has 0 aliphatic carbocycles. The number of β-lactam (4-membered cyclic amide) rings is 1. The molecule has 126 valence electrons. The van der Waals surface area contributed by atoms with Gasteiger partial charge in [0, 0.05) is 18.2 Å². The molecule has 0 radical (unpaired) electrons. The Morgan fingerprint density at radius 2 is 2.13 bits per heavy atom. The Hall–Kier alpha value is -1.45. The normalized spacial score (nSPS) is 23.3. The topological polar surface area (TPSA) is 113 Å². The fraction of sp³-hybridized carbons (Fsp3) is 0.500. The standard InChI is InChI=1S/C12H12Cl2N2O6S/c1-4(17)22-2-5-3-23-11-6(15-9(18)8(13)14)10(19)16(11)7(5)12(20)21/h6,8,11H,2-3H2,1H3,(H,15,18)(H,20,21)/t6-,11-/m1/s1. The third-order valence-corrected chi connectivity index (χ3v) is 4.93. The maximum absolute atomic E-state index is 12.2. The molecule has 2 atom stereocenters. The molecule has 2 rings (SSSR count). The van der Waals surface area contributed by atoms with E-state index >= 15 is 0 Å². The van der Waals surface area contributed by atoms with Crippen molar-refractivity contribution in [2.45, 2.75) is 23.2 Å². The zero-order chi connectivity index (χ0) is 17.3. The number of nitrogens with one attached hydrogen (secondary N) is 1. The van der Waals surface area contributed by atoms with E-state index in [9.17, 15) is 24.3 Å². The molecule has 2 aliphatic rings. The Labute approximate surface area is 145 Å².